The van der Waals surface area contributed by atoms with Crippen molar-refractivity contribution in [1.82, 2.24) is 0 Å². The Bertz CT molecular complexity index is 1880. The predicted molar refractivity (Wildman–Crippen MR) is 302 cm³/mol. The minimum Gasteiger partial charge on any atom is -0.393 e. The maximum absolute atomic E-state index is 10.8. The van der Waals surface area contributed by atoms with Crippen LogP contribution in [0.5, 0.6) is 0 Å². The maximum atomic E-state index is 10.8. The van der Waals surface area contributed by atoms with Crippen LogP contribution in [0.15, 0.2) is 110 Å². The Hall–Kier alpha value is -3.04. The lowest BCUT2D eigenvalue weighted by atomic mass is 9.89. The monoisotopic (exact) mass is 1060 g/mol. The molecule has 5 saturated heterocycles. The summed E-state index contributed by atoms with van der Waals surface area (Å²) < 4.78 is 62.4. The molecule has 15 atom stereocenters. The Labute approximate surface area is 459 Å². The fourth-order valence-corrected chi connectivity index (χ4v) is 12.1. The topological polar surface area (TPSA) is 113 Å². The smallest absolute Gasteiger partial charge is 0.158 e. The summed E-state index contributed by atoms with van der Waals surface area (Å²) in [6.07, 6.45) is 34.7. The van der Waals surface area contributed by atoms with Crippen molar-refractivity contribution in [1.29, 1.82) is 0 Å². The fourth-order valence-electron chi connectivity index (χ4n) is 12.1. The number of aliphatic hydroxyl groups is 1. The lowest BCUT2D eigenvalue weighted by molar-refractivity contribution is -0.203. The molecule has 1 N–H and O–H groups in total. The highest BCUT2D eigenvalue weighted by atomic mass is 16.7. The Kier molecular flexibility index (Phi) is 28.5. The third-order valence-electron chi connectivity index (χ3n) is 16.2. The summed E-state index contributed by atoms with van der Waals surface area (Å²) in [5.74, 6) is 0.664. The van der Waals surface area contributed by atoms with Gasteiger partial charge in [-0.25, -0.2) is 0 Å². The normalized spacial score (nSPS) is 32.8. The first-order chi connectivity index (χ1) is 36.5. The summed E-state index contributed by atoms with van der Waals surface area (Å²) in [7, 11) is 0. The average Bonchev–Trinajstić information content (AvgIpc) is 3.92. The average molecular weight is 1060 g/mol. The van der Waals surface area contributed by atoms with Gasteiger partial charge in [-0.15, -0.1) is 13.2 Å². The van der Waals surface area contributed by atoms with Crippen LogP contribution in [0.4, 0.5) is 0 Å². The molecule has 5 heterocycles. The molecular weight excluding hydrogens is 957 g/mol. The van der Waals surface area contributed by atoms with Gasteiger partial charge in [0.25, 0.3) is 0 Å². The zero-order valence-corrected chi connectivity index (χ0v) is 44.6. The number of aliphatic hydroxyl groups excluding tert-OH is 1. The van der Waals surface area contributed by atoms with Crippen molar-refractivity contribution in [3.05, 3.63) is 121 Å². The van der Waals surface area contributed by atoms with Crippen molar-refractivity contribution >= 4 is 0 Å². The van der Waals surface area contributed by atoms with E-state index in [9.17, 15) is 5.11 Å². The van der Waals surface area contributed by atoms with Crippen molar-refractivity contribution in [2.75, 3.05) is 33.0 Å². The van der Waals surface area contributed by atoms with E-state index in [0.717, 1.165) is 174 Å². The third-order valence-corrected chi connectivity index (χ3v) is 16.2. The number of aryl methyl sites for hydroxylation is 2. The van der Waals surface area contributed by atoms with Crippen LogP contribution in [-0.2, 0) is 60.2 Å². The molecule has 76 heavy (non-hydrogen) atoms. The molecule has 2 aromatic carbocycles. The molecule has 11 nitrogen and oxygen atoms in total. The van der Waals surface area contributed by atoms with Crippen LogP contribution >= 0.6 is 0 Å². The zero-order valence-electron chi connectivity index (χ0n) is 44.6. The SMILES string of the molecule is C.C.C=CC[C@@H]1[C@@H](/C=C/[C@H](CCc2ccccc2)OC2CCCCO2)[C@H](OC2CCCCO2)C[C@@H]1O.C=CC[C@@H]1[C@@H](/C=C/[C@H](CCc2ccccc2)OC2CCCCO2)[C@H](OC2CCCCO2)C[C@@H]1OC1CCCCO1. The second-order valence-electron chi connectivity index (χ2n) is 21.7. The van der Waals surface area contributed by atoms with Gasteiger partial charge in [-0.1, -0.05) is 112 Å². The van der Waals surface area contributed by atoms with Crippen molar-refractivity contribution in [3.63, 3.8) is 0 Å². The molecule has 2 saturated carbocycles. The number of hydrogen-bond acceptors (Lipinski definition) is 11. The Balaban J connectivity index is 0.000000243. The molecular formula is C65H100O11. The van der Waals surface area contributed by atoms with Crippen LogP contribution in [0.25, 0.3) is 0 Å². The fraction of sp³-hybridized carbons (Fsp3) is 0.692. The van der Waals surface area contributed by atoms with E-state index in [2.05, 4.69) is 98.1 Å². The molecule has 426 valence electrons. The molecule has 11 heteroatoms. The number of allylic oxidation sites excluding steroid dienone is 2. The molecule has 5 aliphatic heterocycles. The Morgan fingerprint density at radius 1 is 0.474 bits per heavy atom. The van der Waals surface area contributed by atoms with E-state index < -0.39 is 6.10 Å². The highest BCUT2D eigenvalue weighted by Gasteiger charge is 2.46. The molecule has 5 unspecified atom stereocenters. The lowest BCUT2D eigenvalue weighted by Gasteiger charge is -2.30. The van der Waals surface area contributed by atoms with Crippen LogP contribution in [-0.4, -0.2) is 106 Å². The van der Waals surface area contributed by atoms with Gasteiger partial charge in [0.15, 0.2) is 31.5 Å². The summed E-state index contributed by atoms with van der Waals surface area (Å²) in [6, 6.07) is 21.2. The number of hydrogen-bond donors (Lipinski definition) is 1. The van der Waals surface area contributed by atoms with E-state index in [-0.39, 0.29) is 100 Å². The quantitative estimate of drug-likeness (QED) is 0.101. The van der Waals surface area contributed by atoms with Gasteiger partial charge < -0.3 is 52.5 Å². The molecule has 2 aromatic rings. The Morgan fingerprint density at radius 2 is 0.842 bits per heavy atom. The lowest BCUT2D eigenvalue weighted by Crippen LogP contribution is -2.31. The van der Waals surface area contributed by atoms with E-state index in [4.69, 9.17) is 47.4 Å². The Morgan fingerprint density at radius 3 is 1.24 bits per heavy atom. The second-order valence-corrected chi connectivity index (χ2v) is 21.7. The standard InChI is InChI=1S/C34H50O6.C29H42O5.2CH4/c1-2-12-28-29(21-20-27(38-32-15-6-9-22-35-32)19-18-26-13-4-3-5-14-26)31(40-34-17-8-11-24-37-34)25-30(28)39-33-16-7-10-23-36-33;1-2-10-24-25(27(21-26(24)30)34-29-14-7-9-20-32-29)18-17-23(33-28-13-6-8-19-31-28)16-15-22-11-4-3-5-12-22;;/h2-5,13-14,20-21,27-34H,1,6-12,15-19,22-25H2;2-5,11-12,17-18,23-30H,1,6-10,13-16,19-21H2;2*1H4/b21-20+;18-17+;;/t27-,28+,29+,30-,31+,32?,33?,34?;23-,24+,25+,26-,27+,28?,29?;;/m00../s1. The van der Waals surface area contributed by atoms with Gasteiger partial charge in [-0.3, -0.25) is 0 Å². The minimum absolute atomic E-state index is 0. The van der Waals surface area contributed by atoms with Crippen molar-refractivity contribution < 1.29 is 52.5 Å². The molecule has 7 fully saturated rings. The number of benzene rings is 2. The van der Waals surface area contributed by atoms with Gasteiger partial charge in [-0.05, 0) is 158 Å². The van der Waals surface area contributed by atoms with Crippen molar-refractivity contribution in [2.45, 2.75) is 231 Å². The summed E-state index contributed by atoms with van der Waals surface area (Å²) in [5.41, 5.74) is 2.64. The van der Waals surface area contributed by atoms with Gasteiger partial charge in [-0.2, -0.15) is 0 Å². The van der Waals surface area contributed by atoms with Crippen LogP contribution in [0.1, 0.15) is 161 Å². The third kappa shape index (κ3) is 20.3. The van der Waals surface area contributed by atoms with Crippen LogP contribution in [0, 0.1) is 23.7 Å². The first-order valence-electron chi connectivity index (χ1n) is 29.2. The van der Waals surface area contributed by atoms with E-state index >= 15 is 0 Å². The number of rotatable bonds is 24. The van der Waals surface area contributed by atoms with Gasteiger partial charge in [0.05, 0.1) is 36.6 Å². The summed E-state index contributed by atoms with van der Waals surface area (Å²) in [6.45, 7) is 11.9. The molecule has 0 bridgehead atoms. The molecule has 7 aliphatic rings. The highest BCUT2D eigenvalue weighted by molar-refractivity contribution is 5.17. The summed E-state index contributed by atoms with van der Waals surface area (Å²) in [4.78, 5) is 0. The predicted octanol–water partition coefficient (Wildman–Crippen LogP) is 14.0. The molecule has 0 aromatic heterocycles. The second kappa shape index (κ2) is 34.9. The van der Waals surface area contributed by atoms with E-state index in [1.54, 1.807) is 0 Å². The van der Waals surface area contributed by atoms with Crippen LogP contribution in [0.2, 0.25) is 0 Å². The van der Waals surface area contributed by atoms with E-state index in [1.807, 2.05) is 12.2 Å². The summed E-state index contributed by atoms with van der Waals surface area (Å²) >= 11 is 0. The van der Waals surface area contributed by atoms with Gasteiger partial charge in [0.2, 0.25) is 0 Å². The minimum atomic E-state index is -0.397. The zero-order chi connectivity index (χ0) is 51.0. The van der Waals surface area contributed by atoms with Gasteiger partial charge in [0, 0.05) is 57.7 Å². The van der Waals surface area contributed by atoms with Crippen molar-refractivity contribution in [3.8, 4) is 0 Å². The molecule has 0 amide bonds. The summed E-state index contributed by atoms with van der Waals surface area (Å²) in [5, 5.41) is 10.8. The first kappa shape index (κ1) is 62.2. The van der Waals surface area contributed by atoms with Gasteiger partial charge >= 0.3 is 0 Å². The van der Waals surface area contributed by atoms with Gasteiger partial charge in [0.1, 0.15) is 0 Å². The molecule has 2 aliphatic carbocycles. The maximum Gasteiger partial charge on any atom is 0.158 e. The molecule has 9 rings (SSSR count). The van der Waals surface area contributed by atoms with Crippen LogP contribution < -0.4 is 0 Å². The van der Waals surface area contributed by atoms with Crippen LogP contribution in [0.3, 0.4) is 0 Å². The van der Waals surface area contributed by atoms with E-state index in [0.29, 0.717) is 6.42 Å². The molecule has 0 spiro atoms. The van der Waals surface area contributed by atoms with E-state index in [1.165, 1.54) is 11.1 Å². The molecule has 0 radical (unpaired) electrons. The number of ether oxygens (including phenoxy) is 10. The van der Waals surface area contributed by atoms with Crippen molar-refractivity contribution in [2.24, 2.45) is 23.7 Å². The highest BCUT2D eigenvalue weighted by Crippen LogP contribution is 2.43. The first-order valence-corrected chi connectivity index (χ1v) is 29.2. The largest absolute Gasteiger partial charge is 0.393 e.